The molecule has 0 aliphatic carbocycles. The quantitative estimate of drug-likeness (QED) is 0.561. The van der Waals surface area contributed by atoms with Crippen LogP contribution in [0.1, 0.15) is 5.56 Å². The number of fused-ring (bicyclic) bond motifs is 1. The predicted molar refractivity (Wildman–Crippen MR) is 108 cm³/mol. The molecule has 8 nitrogen and oxygen atoms in total. The van der Waals surface area contributed by atoms with Crippen molar-refractivity contribution in [1.29, 1.82) is 0 Å². The number of ether oxygens (including phenoxy) is 2. The van der Waals surface area contributed by atoms with Crippen molar-refractivity contribution in [2.45, 2.75) is 6.42 Å². The summed E-state index contributed by atoms with van der Waals surface area (Å²) in [4.78, 5) is 27.2. The summed E-state index contributed by atoms with van der Waals surface area (Å²) in [6.45, 7) is 3.27. The highest BCUT2D eigenvalue weighted by molar-refractivity contribution is 6.32. The van der Waals surface area contributed by atoms with Crippen LogP contribution in [0.2, 0.25) is 5.02 Å². The number of anilines is 1. The third-order valence-corrected chi connectivity index (χ3v) is 5.33. The zero-order valence-corrected chi connectivity index (χ0v) is 16.4. The summed E-state index contributed by atoms with van der Waals surface area (Å²) in [6, 6.07) is 10.1. The lowest BCUT2D eigenvalue weighted by Crippen LogP contribution is -2.49. The molecular weight excluding hydrogens is 398 g/mol. The Morgan fingerprint density at radius 3 is 2.62 bits per heavy atom. The number of carbonyl (C=O) groups is 1. The summed E-state index contributed by atoms with van der Waals surface area (Å²) in [5.74, 6) is 1.11. The van der Waals surface area contributed by atoms with Crippen LogP contribution in [0, 0.1) is 10.1 Å². The number of nitro benzene ring substituents is 1. The van der Waals surface area contributed by atoms with Crippen LogP contribution in [0.4, 0.5) is 11.4 Å². The van der Waals surface area contributed by atoms with Crippen molar-refractivity contribution in [2.75, 3.05) is 44.3 Å². The van der Waals surface area contributed by atoms with Crippen LogP contribution in [0.15, 0.2) is 36.4 Å². The van der Waals surface area contributed by atoms with E-state index >= 15 is 0 Å². The largest absolute Gasteiger partial charge is 0.486 e. The van der Waals surface area contributed by atoms with E-state index in [2.05, 4.69) is 4.90 Å². The van der Waals surface area contributed by atoms with Crippen LogP contribution in [-0.4, -0.2) is 55.1 Å². The van der Waals surface area contributed by atoms with Crippen molar-refractivity contribution in [2.24, 2.45) is 0 Å². The maximum absolute atomic E-state index is 12.7. The van der Waals surface area contributed by atoms with E-state index in [0.717, 1.165) is 11.3 Å². The Morgan fingerprint density at radius 1 is 1.10 bits per heavy atom. The molecule has 2 heterocycles. The van der Waals surface area contributed by atoms with Crippen molar-refractivity contribution in [3.8, 4) is 11.5 Å². The summed E-state index contributed by atoms with van der Waals surface area (Å²) in [6.07, 6.45) is 0.229. The summed E-state index contributed by atoms with van der Waals surface area (Å²) >= 11 is 6.25. The van der Waals surface area contributed by atoms with E-state index in [1.807, 2.05) is 6.07 Å². The molecule has 0 unspecified atom stereocenters. The third-order valence-electron chi connectivity index (χ3n) is 5.05. The summed E-state index contributed by atoms with van der Waals surface area (Å²) in [7, 11) is 0. The summed E-state index contributed by atoms with van der Waals surface area (Å²) in [5.41, 5.74) is 1.65. The minimum Gasteiger partial charge on any atom is -0.486 e. The fourth-order valence-corrected chi connectivity index (χ4v) is 3.86. The Bertz CT molecular complexity index is 944. The van der Waals surface area contributed by atoms with Gasteiger partial charge in [-0.05, 0) is 23.8 Å². The first kappa shape index (κ1) is 19.3. The lowest BCUT2D eigenvalue weighted by molar-refractivity contribution is -0.384. The number of hydrogen-bond acceptors (Lipinski definition) is 6. The second kappa shape index (κ2) is 8.16. The van der Waals surface area contributed by atoms with Crippen LogP contribution >= 0.6 is 11.6 Å². The fraction of sp³-hybridized carbons (Fsp3) is 0.350. The number of hydrogen-bond donors (Lipinski definition) is 0. The van der Waals surface area contributed by atoms with Gasteiger partial charge >= 0.3 is 0 Å². The van der Waals surface area contributed by atoms with Gasteiger partial charge in [0.05, 0.1) is 16.4 Å². The number of amides is 1. The minimum atomic E-state index is -0.401. The van der Waals surface area contributed by atoms with E-state index in [1.165, 1.54) is 6.07 Å². The van der Waals surface area contributed by atoms with Crippen molar-refractivity contribution < 1.29 is 19.2 Å². The van der Waals surface area contributed by atoms with Gasteiger partial charge in [0, 0.05) is 44.0 Å². The molecule has 1 fully saturated rings. The molecule has 2 aromatic rings. The Balaban J connectivity index is 1.38. The minimum absolute atomic E-state index is 0.0106. The Kier molecular flexibility index (Phi) is 5.44. The first-order valence-electron chi connectivity index (χ1n) is 9.36. The molecule has 1 saturated heterocycles. The average molecular weight is 418 g/mol. The first-order valence-corrected chi connectivity index (χ1v) is 9.74. The van der Waals surface area contributed by atoms with Gasteiger partial charge in [-0.1, -0.05) is 17.7 Å². The number of benzene rings is 2. The molecule has 0 N–H and O–H groups in total. The van der Waals surface area contributed by atoms with Crippen LogP contribution in [0.5, 0.6) is 11.5 Å². The smallest absolute Gasteiger partial charge is 0.271 e. The van der Waals surface area contributed by atoms with E-state index in [-0.39, 0.29) is 18.0 Å². The highest BCUT2D eigenvalue weighted by Gasteiger charge is 2.24. The van der Waals surface area contributed by atoms with Gasteiger partial charge in [-0.2, -0.15) is 0 Å². The van der Waals surface area contributed by atoms with Gasteiger partial charge in [0.15, 0.2) is 11.5 Å². The number of nitrogens with zero attached hydrogens (tertiary/aromatic N) is 3. The van der Waals surface area contributed by atoms with Crippen molar-refractivity contribution >= 4 is 28.9 Å². The molecule has 0 bridgehead atoms. The van der Waals surface area contributed by atoms with Crippen molar-refractivity contribution in [1.82, 2.24) is 4.90 Å². The molecule has 0 aromatic heterocycles. The van der Waals surface area contributed by atoms with Crippen LogP contribution in [0.3, 0.4) is 0 Å². The monoisotopic (exact) mass is 417 g/mol. The summed E-state index contributed by atoms with van der Waals surface area (Å²) < 4.78 is 11.1. The number of carbonyl (C=O) groups excluding carboxylic acids is 1. The normalized spacial score (nSPS) is 15.9. The van der Waals surface area contributed by atoms with Gasteiger partial charge in [-0.3, -0.25) is 14.9 Å². The van der Waals surface area contributed by atoms with Crippen molar-refractivity contribution in [3.63, 3.8) is 0 Å². The van der Waals surface area contributed by atoms with Gasteiger partial charge in [-0.25, -0.2) is 0 Å². The SMILES string of the molecule is O=C(Cc1cc(Cl)c2c(c1)OCCO2)N1CCN(c2cccc([N+](=O)[O-])c2)CC1. The van der Waals surface area contributed by atoms with Crippen LogP contribution < -0.4 is 14.4 Å². The Morgan fingerprint density at radius 2 is 1.86 bits per heavy atom. The molecule has 2 aromatic carbocycles. The second-order valence-electron chi connectivity index (χ2n) is 6.92. The highest BCUT2D eigenvalue weighted by Crippen LogP contribution is 2.38. The number of non-ortho nitro benzene ring substituents is 1. The summed E-state index contributed by atoms with van der Waals surface area (Å²) in [5, 5.41) is 11.4. The first-order chi connectivity index (χ1) is 14.0. The van der Waals surface area contributed by atoms with Crippen LogP contribution in [-0.2, 0) is 11.2 Å². The molecule has 0 saturated carbocycles. The fourth-order valence-electron chi connectivity index (χ4n) is 3.57. The van der Waals surface area contributed by atoms with Crippen molar-refractivity contribution in [3.05, 3.63) is 57.1 Å². The predicted octanol–water partition coefficient (Wildman–Crippen LogP) is 2.91. The Labute approximate surface area is 172 Å². The molecular formula is C20H20ClN3O5. The molecule has 1 amide bonds. The number of rotatable bonds is 4. The van der Waals surface area contributed by atoms with E-state index in [0.29, 0.717) is 55.9 Å². The van der Waals surface area contributed by atoms with Gasteiger partial charge < -0.3 is 19.3 Å². The molecule has 0 radical (unpaired) electrons. The van der Waals surface area contributed by atoms with E-state index in [4.69, 9.17) is 21.1 Å². The second-order valence-corrected chi connectivity index (χ2v) is 7.33. The zero-order chi connectivity index (χ0) is 20.4. The van der Waals surface area contributed by atoms with Gasteiger partial charge in [0.25, 0.3) is 5.69 Å². The molecule has 9 heteroatoms. The van der Waals surface area contributed by atoms with Crippen LogP contribution in [0.25, 0.3) is 0 Å². The number of halogens is 1. The maximum Gasteiger partial charge on any atom is 0.271 e. The molecule has 0 spiro atoms. The topological polar surface area (TPSA) is 85.2 Å². The molecule has 2 aliphatic heterocycles. The number of piperazine rings is 1. The van der Waals surface area contributed by atoms with E-state index in [9.17, 15) is 14.9 Å². The molecule has 2 aliphatic rings. The van der Waals surface area contributed by atoms with E-state index in [1.54, 1.807) is 29.2 Å². The molecule has 152 valence electrons. The molecule has 4 rings (SSSR count). The standard InChI is InChI=1S/C20H20ClN3O5/c21-17-10-14(11-18-20(17)29-9-8-28-18)12-19(25)23-6-4-22(5-7-23)15-2-1-3-16(13-15)24(26)27/h1-3,10-11,13H,4-9,12H2. The van der Waals surface area contributed by atoms with Gasteiger partial charge in [-0.15, -0.1) is 0 Å². The Hall–Kier alpha value is -3.00. The highest BCUT2D eigenvalue weighted by atomic mass is 35.5. The zero-order valence-electron chi connectivity index (χ0n) is 15.7. The lowest BCUT2D eigenvalue weighted by Gasteiger charge is -2.36. The number of nitro groups is 1. The van der Waals surface area contributed by atoms with E-state index < -0.39 is 4.92 Å². The molecule has 29 heavy (non-hydrogen) atoms. The molecule has 0 atom stereocenters. The van der Waals surface area contributed by atoms with Gasteiger partial charge in [0.1, 0.15) is 13.2 Å². The van der Waals surface area contributed by atoms with Gasteiger partial charge in [0.2, 0.25) is 5.91 Å². The third kappa shape index (κ3) is 4.22. The lowest BCUT2D eigenvalue weighted by atomic mass is 10.1. The maximum atomic E-state index is 12.7. The average Bonchev–Trinajstić information content (AvgIpc) is 2.74.